The maximum absolute atomic E-state index is 4.71. The summed E-state index contributed by atoms with van der Waals surface area (Å²) >= 11 is 2.00. The molecule has 0 bridgehead atoms. The molecule has 2 aliphatic rings. The molecule has 0 aromatic rings. The van der Waals surface area contributed by atoms with Crippen molar-refractivity contribution in [3.05, 3.63) is 0 Å². The number of amidine groups is 1. The van der Waals surface area contributed by atoms with Crippen molar-refractivity contribution in [2.45, 2.75) is 64.5 Å². The number of hydrogen-bond donors (Lipinski definition) is 1. The van der Waals surface area contributed by atoms with Crippen LogP contribution in [0.25, 0.3) is 0 Å². The largest absolute Gasteiger partial charge is 0.365 e. The van der Waals surface area contributed by atoms with Crippen molar-refractivity contribution in [2.75, 3.05) is 13.1 Å². The second-order valence-electron chi connectivity index (χ2n) is 6.40. The Bertz CT molecular complexity index is 299. The molecule has 3 unspecified atom stereocenters. The first-order valence-electron chi connectivity index (χ1n) is 8.17. The van der Waals surface area contributed by atoms with Crippen LogP contribution in [0.3, 0.4) is 0 Å². The fourth-order valence-corrected chi connectivity index (χ4v) is 4.85. The van der Waals surface area contributed by atoms with E-state index < -0.39 is 0 Å². The van der Waals surface area contributed by atoms with Gasteiger partial charge in [-0.25, -0.2) is 0 Å². The molecule has 1 aliphatic carbocycles. The molecule has 1 N–H and O–H groups in total. The van der Waals surface area contributed by atoms with Gasteiger partial charge in [0.05, 0.1) is 6.54 Å². The molecule has 110 valence electrons. The van der Waals surface area contributed by atoms with Gasteiger partial charge >= 0.3 is 0 Å². The lowest BCUT2D eigenvalue weighted by atomic mass is 9.82. The van der Waals surface area contributed by atoms with Crippen LogP contribution in [0, 0.1) is 17.8 Å². The van der Waals surface area contributed by atoms with Crippen LogP contribution in [0.5, 0.6) is 0 Å². The van der Waals surface area contributed by atoms with Crippen LogP contribution in [0.2, 0.25) is 0 Å². The van der Waals surface area contributed by atoms with E-state index in [0.29, 0.717) is 0 Å². The number of nitrogens with zero attached hydrogens (tertiary/aromatic N) is 1. The molecule has 0 aromatic heterocycles. The normalized spacial score (nSPS) is 31.6. The van der Waals surface area contributed by atoms with Crippen molar-refractivity contribution < 1.29 is 0 Å². The lowest BCUT2D eigenvalue weighted by Crippen LogP contribution is -2.29. The zero-order valence-corrected chi connectivity index (χ0v) is 13.6. The Balaban J connectivity index is 1.70. The summed E-state index contributed by atoms with van der Waals surface area (Å²) in [5, 5.41) is 5.56. The Kier molecular flexibility index (Phi) is 6.06. The van der Waals surface area contributed by atoms with Crippen LogP contribution >= 0.6 is 11.8 Å². The third kappa shape index (κ3) is 4.40. The summed E-state index contributed by atoms with van der Waals surface area (Å²) in [6.45, 7) is 9.19. The van der Waals surface area contributed by atoms with Gasteiger partial charge in [0.15, 0.2) is 5.17 Å². The minimum Gasteiger partial charge on any atom is -0.365 e. The van der Waals surface area contributed by atoms with Crippen molar-refractivity contribution in [1.29, 1.82) is 0 Å². The molecule has 3 heteroatoms. The second kappa shape index (κ2) is 7.56. The maximum atomic E-state index is 4.71. The Hall–Kier alpha value is -0.180. The molecular weight excluding hydrogens is 252 g/mol. The first-order chi connectivity index (χ1) is 9.22. The Morgan fingerprint density at radius 3 is 2.79 bits per heavy atom. The fourth-order valence-electron chi connectivity index (χ4n) is 3.52. The molecule has 1 heterocycles. The van der Waals surface area contributed by atoms with Crippen molar-refractivity contribution in [3.63, 3.8) is 0 Å². The van der Waals surface area contributed by atoms with E-state index in [4.69, 9.17) is 4.99 Å². The number of aliphatic imine (C=N–C) groups is 1. The van der Waals surface area contributed by atoms with Crippen LogP contribution in [0.15, 0.2) is 4.99 Å². The van der Waals surface area contributed by atoms with Crippen molar-refractivity contribution in [3.8, 4) is 0 Å². The van der Waals surface area contributed by atoms with Crippen molar-refractivity contribution >= 4 is 16.9 Å². The van der Waals surface area contributed by atoms with Gasteiger partial charge in [0.2, 0.25) is 0 Å². The van der Waals surface area contributed by atoms with Crippen LogP contribution in [0.1, 0.15) is 59.3 Å². The number of rotatable bonds is 5. The number of hydrogen-bond acceptors (Lipinski definition) is 3. The molecule has 2 nitrogen and oxygen atoms in total. The average Bonchev–Trinajstić information content (AvgIpc) is 2.87. The van der Waals surface area contributed by atoms with Crippen LogP contribution in [0.4, 0.5) is 0 Å². The lowest BCUT2D eigenvalue weighted by molar-refractivity contribution is 0.283. The molecule has 19 heavy (non-hydrogen) atoms. The van der Waals surface area contributed by atoms with Crippen molar-refractivity contribution in [1.82, 2.24) is 5.32 Å². The molecule has 0 radical (unpaired) electrons. The van der Waals surface area contributed by atoms with Crippen LogP contribution in [-0.4, -0.2) is 23.5 Å². The first-order valence-corrected chi connectivity index (χ1v) is 9.05. The van der Waals surface area contributed by atoms with Gasteiger partial charge in [-0.05, 0) is 30.6 Å². The zero-order chi connectivity index (χ0) is 13.7. The van der Waals surface area contributed by atoms with E-state index in [1.165, 1.54) is 43.7 Å². The first kappa shape index (κ1) is 15.2. The quantitative estimate of drug-likeness (QED) is 0.812. The highest BCUT2D eigenvalue weighted by molar-refractivity contribution is 8.14. The Morgan fingerprint density at radius 1 is 1.32 bits per heavy atom. The highest BCUT2D eigenvalue weighted by atomic mass is 32.2. The summed E-state index contributed by atoms with van der Waals surface area (Å²) in [5.74, 6) is 2.64. The lowest BCUT2D eigenvalue weighted by Gasteiger charge is -2.27. The van der Waals surface area contributed by atoms with E-state index in [-0.39, 0.29) is 0 Å². The molecule has 0 spiro atoms. The SMILES string of the molecule is CCC(CC)C1CN=C(NCC2CCCC(C)C2)S1. The molecule has 3 atom stereocenters. The van der Waals surface area contributed by atoms with Gasteiger partial charge in [-0.3, -0.25) is 4.99 Å². The monoisotopic (exact) mass is 282 g/mol. The van der Waals surface area contributed by atoms with Gasteiger partial charge in [0.25, 0.3) is 0 Å². The van der Waals surface area contributed by atoms with E-state index in [1.807, 2.05) is 11.8 Å². The van der Waals surface area contributed by atoms with Gasteiger partial charge in [0, 0.05) is 11.8 Å². The summed E-state index contributed by atoms with van der Waals surface area (Å²) in [5.41, 5.74) is 0. The standard InChI is InChI=1S/C16H30N2S/c1-4-14(5-2)15-11-18-16(19-15)17-10-13-8-6-7-12(3)9-13/h12-15H,4-11H2,1-3H3,(H,17,18). The topological polar surface area (TPSA) is 24.4 Å². The summed E-state index contributed by atoms with van der Waals surface area (Å²) < 4.78 is 0. The predicted molar refractivity (Wildman–Crippen MR) is 86.9 cm³/mol. The Morgan fingerprint density at radius 2 is 2.11 bits per heavy atom. The zero-order valence-electron chi connectivity index (χ0n) is 12.8. The summed E-state index contributed by atoms with van der Waals surface area (Å²) in [6.07, 6.45) is 8.24. The minimum absolute atomic E-state index is 0.725. The summed E-state index contributed by atoms with van der Waals surface area (Å²) in [6, 6.07) is 0. The highest BCUT2D eigenvalue weighted by Crippen LogP contribution is 2.31. The van der Waals surface area contributed by atoms with Gasteiger partial charge in [-0.2, -0.15) is 0 Å². The fraction of sp³-hybridized carbons (Fsp3) is 0.938. The summed E-state index contributed by atoms with van der Waals surface area (Å²) in [7, 11) is 0. The molecule has 0 saturated heterocycles. The number of nitrogens with one attached hydrogen (secondary N) is 1. The van der Waals surface area contributed by atoms with E-state index in [9.17, 15) is 0 Å². The molecule has 1 aliphatic heterocycles. The summed E-state index contributed by atoms with van der Waals surface area (Å²) in [4.78, 5) is 4.71. The van der Waals surface area contributed by atoms with E-state index in [0.717, 1.165) is 36.1 Å². The maximum Gasteiger partial charge on any atom is 0.156 e. The number of thioether (sulfide) groups is 1. The smallest absolute Gasteiger partial charge is 0.156 e. The van der Waals surface area contributed by atoms with Gasteiger partial charge in [0.1, 0.15) is 0 Å². The molecule has 1 saturated carbocycles. The molecule has 2 rings (SSSR count). The highest BCUT2D eigenvalue weighted by Gasteiger charge is 2.26. The average molecular weight is 282 g/mol. The van der Waals surface area contributed by atoms with Crippen LogP contribution < -0.4 is 5.32 Å². The second-order valence-corrected chi connectivity index (χ2v) is 7.63. The van der Waals surface area contributed by atoms with Crippen molar-refractivity contribution in [2.24, 2.45) is 22.7 Å². The van der Waals surface area contributed by atoms with E-state index >= 15 is 0 Å². The molecule has 0 amide bonds. The third-order valence-electron chi connectivity index (χ3n) is 4.84. The minimum atomic E-state index is 0.725. The molecule has 1 fully saturated rings. The van der Waals surface area contributed by atoms with Gasteiger partial charge in [-0.1, -0.05) is 58.2 Å². The van der Waals surface area contributed by atoms with Gasteiger partial charge in [-0.15, -0.1) is 0 Å². The predicted octanol–water partition coefficient (Wildman–Crippen LogP) is 4.31. The Labute approximate surface area is 123 Å². The van der Waals surface area contributed by atoms with E-state index in [1.54, 1.807) is 0 Å². The van der Waals surface area contributed by atoms with Crippen LogP contribution in [-0.2, 0) is 0 Å². The van der Waals surface area contributed by atoms with E-state index in [2.05, 4.69) is 26.1 Å². The molecular formula is C16H30N2S. The third-order valence-corrected chi connectivity index (χ3v) is 6.17. The molecule has 0 aromatic carbocycles. The van der Waals surface area contributed by atoms with Gasteiger partial charge < -0.3 is 5.32 Å².